The maximum absolute atomic E-state index is 12.3. The SMILES string of the molecule is Cc1cccc(C)c1OC(C)CNS(=O)(=O)c1cccc([N+](=O)[O-])c1. The van der Waals surface area contributed by atoms with Gasteiger partial charge in [-0.15, -0.1) is 0 Å². The summed E-state index contributed by atoms with van der Waals surface area (Å²) in [7, 11) is -3.86. The fourth-order valence-electron chi connectivity index (χ4n) is 2.30. The molecule has 2 rings (SSSR count). The molecule has 0 saturated carbocycles. The van der Waals surface area contributed by atoms with Crippen LogP contribution in [0.3, 0.4) is 0 Å². The standard InChI is InChI=1S/C17H20N2O5S/c1-12-6-4-7-13(2)17(12)24-14(3)11-18-25(22,23)16-9-5-8-15(10-16)19(20)21/h4-10,14,18H,11H2,1-3H3. The average Bonchev–Trinajstić information content (AvgIpc) is 2.56. The molecule has 2 aromatic rings. The van der Waals surface area contributed by atoms with Gasteiger partial charge in [0.1, 0.15) is 11.9 Å². The summed E-state index contributed by atoms with van der Waals surface area (Å²) < 4.78 is 32.9. The number of hydrogen-bond acceptors (Lipinski definition) is 5. The average molecular weight is 364 g/mol. The van der Waals surface area contributed by atoms with E-state index in [9.17, 15) is 18.5 Å². The van der Waals surface area contributed by atoms with E-state index >= 15 is 0 Å². The minimum atomic E-state index is -3.86. The number of hydrogen-bond donors (Lipinski definition) is 1. The van der Waals surface area contributed by atoms with Crippen molar-refractivity contribution < 1.29 is 18.1 Å². The van der Waals surface area contributed by atoms with E-state index in [4.69, 9.17) is 4.74 Å². The Hall–Kier alpha value is -2.45. The number of benzene rings is 2. The van der Waals surface area contributed by atoms with Gasteiger partial charge in [0.15, 0.2) is 0 Å². The minimum absolute atomic E-state index is 0.0405. The number of para-hydroxylation sites is 1. The molecule has 0 aliphatic rings. The summed E-state index contributed by atoms with van der Waals surface area (Å²) in [5.74, 6) is 0.726. The molecule has 0 aliphatic carbocycles. The highest BCUT2D eigenvalue weighted by Gasteiger charge is 2.19. The van der Waals surface area contributed by atoms with Crippen LogP contribution < -0.4 is 9.46 Å². The number of rotatable bonds is 7. The number of sulfonamides is 1. The van der Waals surface area contributed by atoms with Crippen LogP contribution in [0.15, 0.2) is 47.4 Å². The summed E-state index contributed by atoms with van der Waals surface area (Å²) in [5.41, 5.74) is 1.66. The highest BCUT2D eigenvalue weighted by atomic mass is 32.2. The molecule has 25 heavy (non-hydrogen) atoms. The van der Waals surface area contributed by atoms with Crippen molar-refractivity contribution in [3.63, 3.8) is 0 Å². The number of aryl methyl sites for hydroxylation is 2. The second-order valence-electron chi connectivity index (χ2n) is 5.76. The van der Waals surface area contributed by atoms with Crippen LogP contribution in [-0.2, 0) is 10.0 Å². The fourth-order valence-corrected chi connectivity index (χ4v) is 3.46. The van der Waals surface area contributed by atoms with Crippen LogP contribution in [0.5, 0.6) is 5.75 Å². The van der Waals surface area contributed by atoms with E-state index in [1.54, 1.807) is 6.92 Å². The predicted octanol–water partition coefficient (Wildman–Crippen LogP) is 2.96. The monoisotopic (exact) mass is 364 g/mol. The van der Waals surface area contributed by atoms with E-state index in [2.05, 4.69) is 4.72 Å². The maximum Gasteiger partial charge on any atom is 0.270 e. The molecule has 0 heterocycles. The van der Waals surface area contributed by atoms with Gasteiger partial charge in [-0.2, -0.15) is 0 Å². The lowest BCUT2D eigenvalue weighted by molar-refractivity contribution is -0.385. The van der Waals surface area contributed by atoms with E-state index in [-0.39, 0.29) is 17.1 Å². The van der Waals surface area contributed by atoms with E-state index in [1.165, 1.54) is 18.2 Å². The van der Waals surface area contributed by atoms with Crippen molar-refractivity contribution in [3.05, 3.63) is 63.7 Å². The molecule has 134 valence electrons. The molecule has 7 nitrogen and oxygen atoms in total. The highest BCUT2D eigenvalue weighted by molar-refractivity contribution is 7.89. The molecular formula is C17H20N2O5S. The predicted molar refractivity (Wildman–Crippen MR) is 94.3 cm³/mol. The van der Waals surface area contributed by atoms with Crippen molar-refractivity contribution in [3.8, 4) is 5.75 Å². The molecule has 0 spiro atoms. The molecule has 1 unspecified atom stereocenters. The molecule has 0 amide bonds. The van der Waals surface area contributed by atoms with Gasteiger partial charge in [-0.25, -0.2) is 13.1 Å². The van der Waals surface area contributed by atoms with Crippen LogP contribution >= 0.6 is 0 Å². The summed E-state index contributed by atoms with van der Waals surface area (Å²) in [4.78, 5) is 10.00. The van der Waals surface area contributed by atoms with Gasteiger partial charge >= 0.3 is 0 Å². The van der Waals surface area contributed by atoms with Gasteiger partial charge in [0.25, 0.3) is 5.69 Å². The third-order valence-electron chi connectivity index (χ3n) is 3.63. The summed E-state index contributed by atoms with van der Waals surface area (Å²) in [6.45, 7) is 5.63. The van der Waals surface area contributed by atoms with Crippen molar-refractivity contribution in [2.45, 2.75) is 31.8 Å². The molecule has 8 heteroatoms. The Balaban J connectivity index is 2.07. The largest absolute Gasteiger partial charge is 0.489 e. The Morgan fingerprint density at radius 3 is 2.36 bits per heavy atom. The van der Waals surface area contributed by atoms with Crippen molar-refractivity contribution in [1.29, 1.82) is 0 Å². The summed E-state index contributed by atoms with van der Waals surface area (Å²) in [6.07, 6.45) is -0.409. The zero-order chi connectivity index (χ0) is 18.6. The summed E-state index contributed by atoms with van der Waals surface area (Å²) in [6, 6.07) is 10.7. The van der Waals surface area contributed by atoms with Gasteiger partial charge in [0, 0.05) is 18.7 Å². The Labute approximate surface area is 146 Å². The third kappa shape index (κ3) is 4.77. The Morgan fingerprint density at radius 1 is 1.16 bits per heavy atom. The molecule has 1 atom stereocenters. The highest BCUT2D eigenvalue weighted by Crippen LogP contribution is 2.23. The maximum atomic E-state index is 12.3. The second kappa shape index (κ2) is 7.62. The first kappa shape index (κ1) is 18.9. The normalized spacial score (nSPS) is 12.6. The lowest BCUT2D eigenvalue weighted by Crippen LogP contribution is -2.33. The van der Waals surface area contributed by atoms with Crippen LogP contribution in [0.1, 0.15) is 18.1 Å². The van der Waals surface area contributed by atoms with Crippen LogP contribution in [-0.4, -0.2) is 26.0 Å². The molecule has 2 aromatic carbocycles. The Bertz CT molecular complexity index is 860. The number of non-ortho nitro benzene ring substituents is 1. The molecule has 1 N–H and O–H groups in total. The van der Waals surface area contributed by atoms with Crippen molar-refractivity contribution in [2.75, 3.05) is 6.54 Å². The first-order chi connectivity index (χ1) is 11.7. The lowest BCUT2D eigenvalue weighted by atomic mass is 10.1. The van der Waals surface area contributed by atoms with E-state index < -0.39 is 21.1 Å². The van der Waals surface area contributed by atoms with E-state index in [0.29, 0.717) is 0 Å². The minimum Gasteiger partial charge on any atom is -0.489 e. The topological polar surface area (TPSA) is 98.5 Å². The number of ether oxygens (including phenoxy) is 1. The van der Waals surface area contributed by atoms with E-state index in [0.717, 1.165) is 22.9 Å². The van der Waals surface area contributed by atoms with Gasteiger partial charge in [0.05, 0.1) is 9.82 Å². The second-order valence-corrected chi connectivity index (χ2v) is 7.52. The number of nitro benzene ring substituents is 1. The van der Waals surface area contributed by atoms with Gasteiger partial charge in [-0.1, -0.05) is 24.3 Å². The molecular weight excluding hydrogens is 344 g/mol. The van der Waals surface area contributed by atoms with Crippen molar-refractivity contribution in [2.24, 2.45) is 0 Å². The first-order valence-corrected chi connectivity index (χ1v) is 9.16. The smallest absolute Gasteiger partial charge is 0.270 e. The molecule has 0 fully saturated rings. The fraction of sp³-hybridized carbons (Fsp3) is 0.294. The first-order valence-electron chi connectivity index (χ1n) is 7.67. The molecule has 0 bridgehead atoms. The van der Waals surface area contributed by atoms with Gasteiger partial charge in [-0.05, 0) is 38.0 Å². The van der Waals surface area contributed by atoms with Gasteiger partial charge in [0.2, 0.25) is 10.0 Å². The Kier molecular flexibility index (Phi) is 5.76. The Morgan fingerprint density at radius 2 is 1.76 bits per heavy atom. The summed E-state index contributed by atoms with van der Waals surface area (Å²) >= 11 is 0. The molecule has 0 saturated heterocycles. The van der Waals surface area contributed by atoms with Crippen LogP contribution in [0.2, 0.25) is 0 Å². The van der Waals surface area contributed by atoms with Crippen molar-refractivity contribution >= 4 is 15.7 Å². The third-order valence-corrected chi connectivity index (χ3v) is 5.05. The lowest BCUT2D eigenvalue weighted by Gasteiger charge is -2.18. The van der Waals surface area contributed by atoms with Crippen LogP contribution in [0, 0.1) is 24.0 Å². The number of nitro groups is 1. The molecule has 0 radical (unpaired) electrons. The molecule has 0 aliphatic heterocycles. The van der Waals surface area contributed by atoms with Gasteiger partial charge < -0.3 is 4.74 Å². The zero-order valence-corrected chi connectivity index (χ0v) is 15.0. The quantitative estimate of drug-likeness (QED) is 0.601. The van der Waals surface area contributed by atoms with Gasteiger partial charge in [-0.3, -0.25) is 10.1 Å². The van der Waals surface area contributed by atoms with E-state index in [1.807, 2.05) is 32.0 Å². The summed E-state index contributed by atoms with van der Waals surface area (Å²) in [5, 5.41) is 10.8. The zero-order valence-electron chi connectivity index (χ0n) is 14.2. The van der Waals surface area contributed by atoms with Crippen LogP contribution in [0.25, 0.3) is 0 Å². The van der Waals surface area contributed by atoms with Crippen molar-refractivity contribution in [1.82, 2.24) is 4.72 Å². The van der Waals surface area contributed by atoms with Crippen LogP contribution in [0.4, 0.5) is 5.69 Å². The molecule has 0 aromatic heterocycles. The number of nitrogens with zero attached hydrogens (tertiary/aromatic N) is 1. The number of nitrogens with one attached hydrogen (secondary N) is 1.